The number of halogens is 1. The van der Waals surface area contributed by atoms with E-state index in [4.69, 9.17) is 22.1 Å². The predicted molar refractivity (Wildman–Crippen MR) is 67.3 cm³/mol. The van der Waals surface area contributed by atoms with Crippen molar-refractivity contribution < 1.29 is 4.74 Å². The van der Waals surface area contributed by atoms with Gasteiger partial charge in [0.15, 0.2) is 5.82 Å². The van der Waals surface area contributed by atoms with E-state index in [9.17, 15) is 0 Å². The molecule has 94 valence electrons. The van der Waals surface area contributed by atoms with E-state index in [0.29, 0.717) is 18.1 Å². The summed E-state index contributed by atoms with van der Waals surface area (Å²) in [4.78, 5) is 10.2. The lowest BCUT2D eigenvalue weighted by Crippen LogP contribution is -2.55. The average Bonchev–Trinajstić information content (AvgIpc) is 2.27. The minimum Gasteiger partial charge on any atom is -0.367 e. The van der Waals surface area contributed by atoms with Gasteiger partial charge in [-0.2, -0.15) is 0 Å². The zero-order valence-corrected chi connectivity index (χ0v) is 10.8. The lowest BCUT2D eigenvalue weighted by Gasteiger charge is -2.43. The SMILES string of the molecule is CC1(C)CN(c2ncncc2Cl)CC(CN)O1. The molecule has 1 aliphatic heterocycles. The largest absolute Gasteiger partial charge is 0.367 e. The highest BCUT2D eigenvalue weighted by Crippen LogP contribution is 2.28. The summed E-state index contributed by atoms with van der Waals surface area (Å²) in [5.74, 6) is 0.747. The Hall–Kier alpha value is -0.910. The molecule has 2 heterocycles. The van der Waals surface area contributed by atoms with Gasteiger partial charge in [0.1, 0.15) is 11.3 Å². The Morgan fingerprint density at radius 2 is 2.41 bits per heavy atom. The van der Waals surface area contributed by atoms with Crippen molar-refractivity contribution in [1.29, 1.82) is 0 Å². The minimum absolute atomic E-state index is 0.00443. The number of rotatable bonds is 2. The zero-order chi connectivity index (χ0) is 12.5. The van der Waals surface area contributed by atoms with Crippen LogP contribution in [0.3, 0.4) is 0 Å². The molecule has 1 aromatic rings. The van der Waals surface area contributed by atoms with Gasteiger partial charge in [-0.05, 0) is 13.8 Å². The van der Waals surface area contributed by atoms with Crippen LogP contribution in [-0.2, 0) is 4.74 Å². The molecule has 2 rings (SSSR count). The summed E-state index contributed by atoms with van der Waals surface area (Å²) in [6.07, 6.45) is 3.11. The molecule has 0 amide bonds. The molecule has 2 N–H and O–H groups in total. The Kier molecular flexibility index (Phi) is 3.51. The second-order valence-electron chi connectivity index (χ2n) is 4.81. The van der Waals surface area contributed by atoms with Crippen LogP contribution in [0.15, 0.2) is 12.5 Å². The van der Waals surface area contributed by atoms with E-state index in [0.717, 1.165) is 12.4 Å². The standard InChI is InChI=1S/C11H17ClN4O/c1-11(2)6-16(5-8(3-13)17-11)10-9(12)4-14-7-15-10/h4,7-8H,3,5-6,13H2,1-2H3. The molecule has 1 saturated heterocycles. The lowest BCUT2D eigenvalue weighted by atomic mass is 10.1. The van der Waals surface area contributed by atoms with Crippen molar-refractivity contribution in [3.63, 3.8) is 0 Å². The molecule has 17 heavy (non-hydrogen) atoms. The number of anilines is 1. The van der Waals surface area contributed by atoms with Gasteiger partial charge < -0.3 is 15.4 Å². The summed E-state index contributed by atoms with van der Waals surface area (Å²) in [5, 5.41) is 0.556. The first-order valence-corrected chi connectivity index (χ1v) is 5.98. The molecular weight excluding hydrogens is 240 g/mol. The van der Waals surface area contributed by atoms with Gasteiger partial charge in [-0.1, -0.05) is 11.6 Å². The topological polar surface area (TPSA) is 64.3 Å². The maximum Gasteiger partial charge on any atom is 0.151 e. The Labute approximate surface area is 106 Å². The van der Waals surface area contributed by atoms with E-state index >= 15 is 0 Å². The fraction of sp³-hybridized carbons (Fsp3) is 0.636. The summed E-state index contributed by atoms with van der Waals surface area (Å²) in [7, 11) is 0. The van der Waals surface area contributed by atoms with Crippen LogP contribution in [0, 0.1) is 0 Å². The molecule has 6 heteroatoms. The molecule has 0 aliphatic carbocycles. The first kappa shape index (κ1) is 12.5. The summed E-state index contributed by atoms with van der Waals surface area (Å²) in [5.41, 5.74) is 5.43. The zero-order valence-electron chi connectivity index (χ0n) is 10.1. The number of aromatic nitrogens is 2. The van der Waals surface area contributed by atoms with Crippen LogP contribution in [0.1, 0.15) is 13.8 Å². The molecule has 5 nitrogen and oxygen atoms in total. The second kappa shape index (κ2) is 4.76. The van der Waals surface area contributed by atoms with Gasteiger partial charge in [-0.3, -0.25) is 0 Å². The van der Waals surface area contributed by atoms with Crippen LogP contribution >= 0.6 is 11.6 Å². The van der Waals surface area contributed by atoms with Crippen LogP contribution < -0.4 is 10.6 Å². The van der Waals surface area contributed by atoms with E-state index in [1.165, 1.54) is 6.33 Å². The molecule has 1 aliphatic rings. The Balaban J connectivity index is 2.24. The third-order valence-electron chi connectivity index (χ3n) is 2.69. The van der Waals surface area contributed by atoms with E-state index in [1.807, 2.05) is 13.8 Å². The van der Waals surface area contributed by atoms with E-state index in [1.54, 1.807) is 6.20 Å². The molecule has 0 spiro atoms. The number of nitrogens with zero attached hydrogens (tertiary/aromatic N) is 3. The van der Waals surface area contributed by atoms with Crippen molar-refractivity contribution in [3.05, 3.63) is 17.5 Å². The highest BCUT2D eigenvalue weighted by molar-refractivity contribution is 6.32. The van der Waals surface area contributed by atoms with Gasteiger partial charge in [-0.15, -0.1) is 0 Å². The quantitative estimate of drug-likeness (QED) is 0.858. The van der Waals surface area contributed by atoms with Crippen molar-refractivity contribution in [3.8, 4) is 0 Å². The van der Waals surface area contributed by atoms with Gasteiger partial charge in [0.25, 0.3) is 0 Å². The Bertz CT molecular complexity index is 399. The molecular formula is C11H17ClN4O. The Morgan fingerprint density at radius 3 is 3.06 bits per heavy atom. The molecule has 0 saturated carbocycles. The number of ether oxygens (including phenoxy) is 1. The first-order chi connectivity index (χ1) is 8.02. The minimum atomic E-state index is -0.253. The predicted octanol–water partition coefficient (Wildman–Crippen LogP) is 1.07. The number of nitrogens with two attached hydrogens (primary N) is 1. The van der Waals surface area contributed by atoms with Gasteiger partial charge in [0, 0.05) is 19.6 Å². The number of morpholine rings is 1. The van der Waals surface area contributed by atoms with E-state index in [-0.39, 0.29) is 11.7 Å². The smallest absolute Gasteiger partial charge is 0.151 e. The van der Waals surface area contributed by atoms with Crippen molar-refractivity contribution in [1.82, 2.24) is 9.97 Å². The Morgan fingerprint density at radius 1 is 1.65 bits per heavy atom. The van der Waals surface area contributed by atoms with Crippen LogP contribution in [0.5, 0.6) is 0 Å². The summed E-state index contributed by atoms with van der Waals surface area (Å²) >= 11 is 6.10. The van der Waals surface area contributed by atoms with Crippen molar-refractivity contribution in [2.75, 3.05) is 24.5 Å². The average molecular weight is 257 g/mol. The molecule has 0 radical (unpaired) electrons. The molecule has 1 aromatic heterocycles. The highest BCUT2D eigenvalue weighted by Gasteiger charge is 2.34. The fourth-order valence-corrected chi connectivity index (χ4v) is 2.34. The first-order valence-electron chi connectivity index (χ1n) is 5.60. The van der Waals surface area contributed by atoms with Gasteiger partial charge in [0.05, 0.1) is 17.9 Å². The number of hydrogen-bond donors (Lipinski definition) is 1. The van der Waals surface area contributed by atoms with Gasteiger partial charge >= 0.3 is 0 Å². The lowest BCUT2D eigenvalue weighted by molar-refractivity contribution is -0.0790. The molecule has 0 aromatic carbocycles. The summed E-state index contributed by atoms with van der Waals surface area (Å²) < 4.78 is 5.86. The van der Waals surface area contributed by atoms with Crippen LogP contribution in [-0.4, -0.2) is 41.3 Å². The van der Waals surface area contributed by atoms with Crippen molar-refractivity contribution in [2.45, 2.75) is 25.6 Å². The monoisotopic (exact) mass is 256 g/mol. The van der Waals surface area contributed by atoms with Crippen molar-refractivity contribution in [2.24, 2.45) is 5.73 Å². The third kappa shape index (κ3) is 2.86. The second-order valence-corrected chi connectivity index (χ2v) is 5.22. The summed E-state index contributed by atoms with van der Waals surface area (Å²) in [6.45, 7) is 6.01. The maximum atomic E-state index is 6.10. The number of hydrogen-bond acceptors (Lipinski definition) is 5. The van der Waals surface area contributed by atoms with E-state index < -0.39 is 0 Å². The highest BCUT2D eigenvalue weighted by atomic mass is 35.5. The fourth-order valence-electron chi connectivity index (χ4n) is 2.12. The van der Waals surface area contributed by atoms with Gasteiger partial charge in [0.2, 0.25) is 0 Å². The van der Waals surface area contributed by atoms with Gasteiger partial charge in [-0.25, -0.2) is 9.97 Å². The molecule has 1 atom stereocenters. The molecule has 1 fully saturated rings. The van der Waals surface area contributed by atoms with Crippen LogP contribution in [0.25, 0.3) is 0 Å². The van der Waals surface area contributed by atoms with E-state index in [2.05, 4.69) is 14.9 Å². The van der Waals surface area contributed by atoms with Crippen LogP contribution in [0.4, 0.5) is 5.82 Å². The normalized spacial score (nSPS) is 23.8. The van der Waals surface area contributed by atoms with Crippen LogP contribution in [0.2, 0.25) is 5.02 Å². The molecule has 1 unspecified atom stereocenters. The molecule has 0 bridgehead atoms. The summed E-state index contributed by atoms with van der Waals surface area (Å²) in [6, 6.07) is 0. The maximum absolute atomic E-state index is 6.10. The third-order valence-corrected chi connectivity index (χ3v) is 2.96. The van der Waals surface area contributed by atoms with Crippen molar-refractivity contribution >= 4 is 17.4 Å².